The minimum Gasteiger partial charge on any atom is -0.338 e. The van der Waals surface area contributed by atoms with Crippen LogP contribution in [0.4, 0.5) is 0 Å². The van der Waals surface area contributed by atoms with Gasteiger partial charge in [0, 0.05) is 30.5 Å². The van der Waals surface area contributed by atoms with Gasteiger partial charge in [0.15, 0.2) is 0 Å². The van der Waals surface area contributed by atoms with Crippen molar-refractivity contribution in [3.63, 3.8) is 0 Å². The van der Waals surface area contributed by atoms with E-state index < -0.39 is 0 Å². The summed E-state index contributed by atoms with van der Waals surface area (Å²) in [5.74, 6) is 0.0186. The summed E-state index contributed by atoms with van der Waals surface area (Å²) < 4.78 is 1.92. The van der Waals surface area contributed by atoms with Crippen LogP contribution in [0.15, 0.2) is 54.6 Å². The van der Waals surface area contributed by atoms with Crippen LogP contribution in [0.25, 0.3) is 10.9 Å². The van der Waals surface area contributed by atoms with Crippen molar-refractivity contribution in [1.29, 1.82) is 0 Å². The van der Waals surface area contributed by atoms with Crippen LogP contribution in [0.1, 0.15) is 28.9 Å². The van der Waals surface area contributed by atoms with Gasteiger partial charge in [-0.15, -0.1) is 0 Å². The van der Waals surface area contributed by atoms with Crippen molar-refractivity contribution in [2.45, 2.75) is 25.4 Å². The average molecular weight is 339 g/mol. The van der Waals surface area contributed by atoms with Crippen molar-refractivity contribution >= 4 is 28.4 Å². The molecule has 1 fully saturated rings. The van der Waals surface area contributed by atoms with Crippen molar-refractivity contribution in [2.24, 2.45) is 7.05 Å². The number of fused-ring (bicyclic) bond motifs is 1. The molecule has 1 amide bonds. The van der Waals surface area contributed by atoms with Crippen molar-refractivity contribution < 1.29 is 4.79 Å². The van der Waals surface area contributed by atoms with Crippen LogP contribution in [-0.2, 0) is 13.6 Å². The lowest BCUT2D eigenvalue weighted by Gasteiger charge is -2.23. The molecule has 0 bridgehead atoms. The van der Waals surface area contributed by atoms with Gasteiger partial charge in [0.05, 0.1) is 5.02 Å². The molecule has 3 aromatic rings. The molecule has 4 heteroatoms. The molecule has 0 aliphatic heterocycles. The molecule has 4 rings (SSSR count). The van der Waals surface area contributed by atoms with E-state index in [1.807, 2.05) is 59.0 Å². The van der Waals surface area contributed by atoms with Crippen LogP contribution in [0.5, 0.6) is 0 Å². The number of para-hydroxylation sites is 1. The number of aromatic nitrogens is 1. The van der Waals surface area contributed by atoms with Gasteiger partial charge < -0.3 is 9.47 Å². The van der Waals surface area contributed by atoms with Crippen LogP contribution < -0.4 is 0 Å². The number of halogens is 1. The van der Waals surface area contributed by atoms with Crippen LogP contribution in [0.2, 0.25) is 5.02 Å². The van der Waals surface area contributed by atoms with Crippen molar-refractivity contribution in [2.75, 3.05) is 0 Å². The third-order valence-corrected chi connectivity index (χ3v) is 5.07. The van der Waals surface area contributed by atoms with E-state index in [-0.39, 0.29) is 5.91 Å². The highest BCUT2D eigenvalue weighted by atomic mass is 35.5. The van der Waals surface area contributed by atoms with Gasteiger partial charge in [-0.25, -0.2) is 0 Å². The third-order valence-electron chi connectivity index (χ3n) is 4.69. The molecular weight excluding hydrogens is 320 g/mol. The molecule has 0 saturated heterocycles. The molecule has 1 heterocycles. The van der Waals surface area contributed by atoms with Crippen molar-refractivity contribution in [3.8, 4) is 0 Å². The van der Waals surface area contributed by atoms with E-state index >= 15 is 0 Å². The van der Waals surface area contributed by atoms with Gasteiger partial charge in [-0.2, -0.15) is 0 Å². The minimum absolute atomic E-state index is 0.0186. The van der Waals surface area contributed by atoms with Gasteiger partial charge >= 0.3 is 0 Å². The fraction of sp³-hybridized carbons (Fsp3) is 0.250. The number of aryl methyl sites for hydroxylation is 1. The van der Waals surface area contributed by atoms with Crippen LogP contribution >= 0.6 is 11.6 Å². The Kier molecular flexibility index (Phi) is 3.81. The maximum Gasteiger partial charge on any atom is 0.272 e. The lowest BCUT2D eigenvalue weighted by atomic mass is 10.2. The highest BCUT2D eigenvalue weighted by molar-refractivity contribution is 6.38. The second kappa shape index (κ2) is 5.99. The maximum absolute atomic E-state index is 13.3. The second-order valence-corrected chi connectivity index (χ2v) is 6.77. The average Bonchev–Trinajstić information content (AvgIpc) is 3.41. The quantitative estimate of drug-likeness (QED) is 0.680. The lowest BCUT2D eigenvalue weighted by molar-refractivity contribution is 0.0721. The van der Waals surface area contributed by atoms with Gasteiger partial charge in [-0.1, -0.05) is 60.1 Å². The monoisotopic (exact) mass is 338 g/mol. The summed E-state index contributed by atoms with van der Waals surface area (Å²) in [4.78, 5) is 15.2. The van der Waals surface area contributed by atoms with Gasteiger partial charge in [0.25, 0.3) is 5.91 Å². The lowest BCUT2D eigenvalue weighted by Crippen LogP contribution is -2.34. The van der Waals surface area contributed by atoms with E-state index in [4.69, 9.17) is 11.6 Å². The molecule has 2 aromatic carbocycles. The van der Waals surface area contributed by atoms with E-state index in [2.05, 4.69) is 12.1 Å². The topological polar surface area (TPSA) is 25.2 Å². The molecule has 0 radical (unpaired) electrons. The number of hydrogen-bond donors (Lipinski definition) is 0. The Labute approximate surface area is 146 Å². The van der Waals surface area contributed by atoms with Crippen molar-refractivity contribution in [1.82, 2.24) is 9.47 Å². The largest absolute Gasteiger partial charge is 0.338 e. The summed E-state index contributed by atoms with van der Waals surface area (Å²) in [6.45, 7) is 0.627. The molecule has 0 unspecified atom stereocenters. The molecule has 24 heavy (non-hydrogen) atoms. The Balaban J connectivity index is 1.73. The first-order valence-corrected chi connectivity index (χ1v) is 8.62. The Morgan fingerprint density at radius 2 is 1.79 bits per heavy atom. The fourth-order valence-corrected chi connectivity index (χ4v) is 3.62. The molecular formula is C20H19ClN2O. The second-order valence-electron chi connectivity index (χ2n) is 6.39. The zero-order valence-electron chi connectivity index (χ0n) is 13.6. The number of nitrogens with zero attached hydrogens (tertiary/aromatic N) is 2. The Morgan fingerprint density at radius 3 is 2.46 bits per heavy atom. The molecule has 0 N–H and O–H groups in total. The molecule has 1 aromatic heterocycles. The summed E-state index contributed by atoms with van der Waals surface area (Å²) in [7, 11) is 1.91. The number of carbonyl (C=O) groups excluding carboxylic acids is 1. The van der Waals surface area contributed by atoms with Gasteiger partial charge in [0.2, 0.25) is 0 Å². The van der Waals surface area contributed by atoms with Gasteiger partial charge in [-0.3, -0.25) is 4.79 Å². The number of amides is 1. The van der Waals surface area contributed by atoms with Gasteiger partial charge in [0.1, 0.15) is 5.69 Å². The SMILES string of the molecule is Cn1c(C(=O)N(Cc2ccccc2)C2CC2)c(Cl)c2ccccc21. The predicted octanol–water partition coefficient (Wildman–Crippen LogP) is 4.64. The van der Waals surface area contributed by atoms with Crippen LogP contribution in [0, 0.1) is 0 Å². The number of rotatable bonds is 4. The number of hydrogen-bond acceptors (Lipinski definition) is 1. The van der Waals surface area contributed by atoms with E-state index in [0.717, 1.165) is 29.3 Å². The van der Waals surface area contributed by atoms with Crippen molar-refractivity contribution in [3.05, 3.63) is 70.9 Å². The predicted molar refractivity (Wildman–Crippen MR) is 97.3 cm³/mol. The molecule has 0 atom stereocenters. The van der Waals surface area contributed by atoms with Crippen LogP contribution in [0.3, 0.4) is 0 Å². The Hall–Kier alpha value is -2.26. The molecule has 3 nitrogen and oxygen atoms in total. The minimum atomic E-state index is 0.0186. The highest BCUT2D eigenvalue weighted by Crippen LogP contribution is 2.34. The van der Waals surface area contributed by atoms with E-state index in [1.165, 1.54) is 0 Å². The van der Waals surface area contributed by atoms with E-state index in [1.54, 1.807) is 0 Å². The van der Waals surface area contributed by atoms with Gasteiger partial charge in [-0.05, 0) is 24.5 Å². The first-order chi connectivity index (χ1) is 11.7. The summed E-state index contributed by atoms with van der Waals surface area (Å²) >= 11 is 6.56. The summed E-state index contributed by atoms with van der Waals surface area (Å²) in [5, 5.41) is 1.48. The number of benzene rings is 2. The molecule has 1 saturated carbocycles. The van der Waals surface area contributed by atoms with Crippen LogP contribution in [-0.4, -0.2) is 21.4 Å². The fourth-order valence-electron chi connectivity index (χ4n) is 3.25. The third kappa shape index (κ3) is 2.59. The van der Waals surface area contributed by atoms with E-state index in [0.29, 0.717) is 23.3 Å². The first-order valence-electron chi connectivity index (χ1n) is 8.24. The standard InChI is InChI=1S/C20H19ClN2O/c1-22-17-10-6-5-9-16(17)18(21)19(22)20(24)23(15-11-12-15)13-14-7-3-2-4-8-14/h2-10,15H,11-13H2,1H3. The zero-order chi connectivity index (χ0) is 16.7. The zero-order valence-corrected chi connectivity index (χ0v) is 14.3. The smallest absolute Gasteiger partial charge is 0.272 e. The Morgan fingerprint density at radius 1 is 1.12 bits per heavy atom. The first kappa shape index (κ1) is 15.3. The highest BCUT2D eigenvalue weighted by Gasteiger charge is 2.35. The summed E-state index contributed by atoms with van der Waals surface area (Å²) in [6, 6.07) is 18.3. The van der Waals surface area contributed by atoms with E-state index in [9.17, 15) is 4.79 Å². The molecule has 122 valence electrons. The summed E-state index contributed by atoms with van der Waals surface area (Å²) in [5.41, 5.74) is 2.72. The Bertz CT molecular complexity index is 858. The summed E-state index contributed by atoms with van der Waals surface area (Å²) in [6.07, 6.45) is 2.14. The molecule has 0 spiro atoms. The molecule has 1 aliphatic carbocycles. The number of carbonyl (C=O) groups is 1. The maximum atomic E-state index is 13.3. The molecule has 1 aliphatic rings. The normalized spacial score (nSPS) is 14.1.